The monoisotopic (exact) mass is 312 g/mol. The molecule has 6 nitrogen and oxygen atoms in total. The van der Waals surface area contributed by atoms with Crippen LogP contribution in [0.5, 0.6) is 0 Å². The van der Waals surface area contributed by atoms with Crippen molar-refractivity contribution in [2.24, 2.45) is 0 Å². The van der Waals surface area contributed by atoms with E-state index < -0.39 is 0 Å². The van der Waals surface area contributed by atoms with Gasteiger partial charge in [0.15, 0.2) is 5.76 Å². The van der Waals surface area contributed by atoms with Crippen LogP contribution in [-0.4, -0.2) is 20.8 Å². The first kappa shape index (κ1) is 12.8. The topological polar surface area (TPSA) is 73.0 Å². The van der Waals surface area contributed by atoms with Crippen molar-refractivity contribution >= 4 is 27.5 Å². The van der Waals surface area contributed by atoms with Crippen LogP contribution >= 0.6 is 15.9 Å². The number of nitrogens with one attached hydrogen (secondary N) is 1. The molecule has 0 fully saturated rings. The van der Waals surface area contributed by atoms with Gasteiger partial charge >= 0.3 is 0 Å². The summed E-state index contributed by atoms with van der Waals surface area (Å²) in [6.07, 6.45) is 3.85. The van der Waals surface area contributed by atoms with Crippen molar-refractivity contribution in [3.8, 4) is 0 Å². The standard InChI is InChI=1S/C11H13BrN4O2/c1-7-11(8(2)18-15-7)14-10(17)3-4-16-6-9(12)5-13-16/h5-6H,3-4H2,1-2H3,(H,14,17). The maximum absolute atomic E-state index is 11.8. The van der Waals surface area contributed by atoms with Gasteiger partial charge in [-0.25, -0.2) is 0 Å². The number of aryl methyl sites for hydroxylation is 3. The number of carbonyl (C=O) groups excluding carboxylic acids is 1. The highest BCUT2D eigenvalue weighted by Crippen LogP contribution is 2.18. The Bertz CT molecular complexity index is 542. The van der Waals surface area contributed by atoms with E-state index in [1.165, 1.54) is 0 Å². The van der Waals surface area contributed by atoms with Gasteiger partial charge in [-0.05, 0) is 29.8 Å². The zero-order valence-corrected chi connectivity index (χ0v) is 11.7. The van der Waals surface area contributed by atoms with Gasteiger partial charge < -0.3 is 9.84 Å². The third-order valence-electron chi connectivity index (χ3n) is 2.47. The van der Waals surface area contributed by atoms with Gasteiger partial charge in [0.2, 0.25) is 5.91 Å². The van der Waals surface area contributed by atoms with Crippen LogP contribution in [0, 0.1) is 13.8 Å². The first-order valence-electron chi connectivity index (χ1n) is 5.47. The third kappa shape index (κ3) is 2.98. The molecule has 2 heterocycles. The molecule has 1 amide bonds. The van der Waals surface area contributed by atoms with Gasteiger partial charge in [-0.1, -0.05) is 5.16 Å². The summed E-state index contributed by atoms with van der Waals surface area (Å²) in [5, 5.41) is 10.6. The number of halogens is 1. The number of amides is 1. The van der Waals surface area contributed by atoms with E-state index in [1.807, 2.05) is 6.20 Å². The number of anilines is 1. The van der Waals surface area contributed by atoms with Gasteiger partial charge in [-0.3, -0.25) is 9.48 Å². The number of rotatable bonds is 4. The first-order valence-corrected chi connectivity index (χ1v) is 6.26. The molecule has 0 bridgehead atoms. The second-order valence-electron chi connectivity index (χ2n) is 3.92. The Morgan fingerprint density at radius 1 is 1.56 bits per heavy atom. The average Bonchev–Trinajstić information content (AvgIpc) is 2.87. The molecule has 18 heavy (non-hydrogen) atoms. The van der Waals surface area contributed by atoms with Crippen LogP contribution in [0.15, 0.2) is 21.4 Å². The Morgan fingerprint density at radius 2 is 2.33 bits per heavy atom. The van der Waals surface area contributed by atoms with E-state index in [0.717, 1.165) is 4.47 Å². The smallest absolute Gasteiger partial charge is 0.226 e. The van der Waals surface area contributed by atoms with E-state index in [-0.39, 0.29) is 5.91 Å². The summed E-state index contributed by atoms with van der Waals surface area (Å²) in [5.74, 6) is 0.527. The summed E-state index contributed by atoms with van der Waals surface area (Å²) in [6, 6.07) is 0. The molecule has 0 aliphatic heterocycles. The van der Waals surface area contributed by atoms with E-state index in [4.69, 9.17) is 4.52 Å². The predicted octanol–water partition coefficient (Wildman–Crippen LogP) is 2.28. The zero-order valence-electron chi connectivity index (χ0n) is 10.1. The Morgan fingerprint density at radius 3 is 2.89 bits per heavy atom. The highest BCUT2D eigenvalue weighted by Gasteiger charge is 2.12. The van der Waals surface area contributed by atoms with Gasteiger partial charge in [0.05, 0.1) is 10.7 Å². The van der Waals surface area contributed by atoms with Crippen molar-refractivity contribution in [3.05, 3.63) is 28.3 Å². The van der Waals surface area contributed by atoms with E-state index in [9.17, 15) is 4.79 Å². The minimum Gasteiger partial charge on any atom is -0.359 e. The van der Waals surface area contributed by atoms with Gasteiger partial charge in [0.1, 0.15) is 11.4 Å². The minimum absolute atomic E-state index is 0.0870. The van der Waals surface area contributed by atoms with E-state index in [0.29, 0.717) is 30.1 Å². The molecule has 0 aliphatic carbocycles. The molecule has 0 spiro atoms. The fourth-order valence-electron chi connectivity index (χ4n) is 1.54. The SMILES string of the molecule is Cc1noc(C)c1NC(=O)CCn1cc(Br)cn1. The van der Waals surface area contributed by atoms with Crippen molar-refractivity contribution in [1.29, 1.82) is 0 Å². The fourth-order valence-corrected chi connectivity index (χ4v) is 1.87. The van der Waals surface area contributed by atoms with Crippen LogP contribution in [0.2, 0.25) is 0 Å². The lowest BCUT2D eigenvalue weighted by Gasteiger charge is -2.04. The van der Waals surface area contributed by atoms with Gasteiger partial charge in [-0.2, -0.15) is 5.10 Å². The van der Waals surface area contributed by atoms with Crippen LogP contribution < -0.4 is 5.32 Å². The van der Waals surface area contributed by atoms with Crippen LogP contribution in [0.25, 0.3) is 0 Å². The highest BCUT2D eigenvalue weighted by molar-refractivity contribution is 9.10. The lowest BCUT2D eigenvalue weighted by molar-refractivity contribution is -0.116. The molecule has 0 unspecified atom stereocenters. The Balaban J connectivity index is 1.89. The van der Waals surface area contributed by atoms with Crippen molar-refractivity contribution in [2.45, 2.75) is 26.8 Å². The number of aromatic nitrogens is 3. The Kier molecular flexibility index (Phi) is 3.81. The number of nitrogens with zero attached hydrogens (tertiary/aromatic N) is 3. The number of hydrogen-bond donors (Lipinski definition) is 1. The van der Waals surface area contributed by atoms with Gasteiger partial charge in [0, 0.05) is 19.2 Å². The van der Waals surface area contributed by atoms with E-state index in [2.05, 4.69) is 31.5 Å². The van der Waals surface area contributed by atoms with Gasteiger partial charge in [0.25, 0.3) is 0 Å². The maximum atomic E-state index is 11.8. The summed E-state index contributed by atoms with van der Waals surface area (Å²) in [7, 11) is 0. The second kappa shape index (κ2) is 5.34. The molecular weight excluding hydrogens is 300 g/mol. The second-order valence-corrected chi connectivity index (χ2v) is 4.83. The van der Waals surface area contributed by atoms with Crippen molar-refractivity contribution < 1.29 is 9.32 Å². The molecule has 96 valence electrons. The van der Waals surface area contributed by atoms with Crippen molar-refractivity contribution in [3.63, 3.8) is 0 Å². The average molecular weight is 313 g/mol. The molecular formula is C11H13BrN4O2. The largest absolute Gasteiger partial charge is 0.359 e. The summed E-state index contributed by atoms with van der Waals surface area (Å²) in [5.41, 5.74) is 1.34. The van der Waals surface area contributed by atoms with E-state index in [1.54, 1.807) is 24.7 Å². The molecule has 1 N–H and O–H groups in total. The molecule has 2 rings (SSSR count). The molecule has 0 aromatic carbocycles. The molecule has 0 saturated heterocycles. The Hall–Kier alpha value is -1.63. The van der Waals surface area contributed by atoms with Crippen molar-refractivity contribution in [2.75, 3.05) is 5.32 Å². The van der Waals surface area contributed by atoms with Crippen LogP contribution in [0.3, 0.4) is 0 Å². The molecule has 0 saturated carbocycles. The third-order valence-corrected chi connectivity index (χ3v) is 2.88. The Labute approximate surface area is 112 Å². The highest BCUT2D eigenvalue weighted by atomic mass is 79.9. The van der Waals surface area contributed by atoms with Crippen LogP contribution in [0.1, 0.15) is 17.9 Å². The number of hydrogen-bond acceptors (Lipinski definition) is 4. The van der Waals surface area contributed by atoms with Crippen molar-refractivity contribution in [1.82, 2.24) is 14.9 Å². The lowest BCUT2D eigenvalue weighted by Crippen LogP contribution is -2.15. The summed E-state index contributed by atoms with van der Waals surface area (Å²) < 4.78 is 7.58. The molecule has 2 aromatic heterocycles. The molecule has 0 aliphatic rings. The lowest BCUT2D eigenvalue weighted by atomic mass is 10.3. The fraction of sp³-hybridized carbons (Fsp3) is 0.364. The summed E-state index contributed by atoms with van der Waals surface area (Å²) in [4.78, 5) is 11.8. The normalized spacial score (nSPS) is 10.6. The molecule has 0 radical (unpaired) electrons. The molecule has 7 heteroatoms. The summed E-state index contributed by atoms with van der Waals surface area (Å²) in [6.45, 7) is 4.08. The first-order chi connectivity index (χ1) is 8.56. The van der Waals surface area contributed by atoms with Crippen LogP contribution in [0.4, 0.5) is 5.69 Å². The molecule has 0 atom stereocenters. The molecule has 2 aromatic rings. The van der Waals surface area contributed by atoms with E-state index >= 15 is 0 Å². The predicted molar refractivity (Wildman–Crippen MR) is 69.2 cm³/mol. The van der Waals surface area contributed by atoms with Crippen LogP contribution in [-0.2, 0) is 11.3 Å². The van der Waals surface area contributed by atoms with Gasteiger partial charge in [-0.15, -0.1) is 0 Å². The summed E-state index contributed by atoms with van der Waals surface area (Å²) >= 11 is 3.30. The number of carbonyl (C=O) groups is 1. The maximum Gasteiger partial charge on any atom is 0.226 e. The zero-order chi connectivity index (χ0) is 13.1. The quantitative estimate of drug-likeness (QED) is 0.940. The minimum atomic E-state index is -0.0870.